The minimum Gasteiger partial charge on any atom is -0.340 e. The van der Waals surface area contributed by atoms with Gasteiger partial charge in [0.2, 0.25) is 5.91 Å². The number of benzene rings is 1. The quantitative estimate of drug-likeness (QED) is 0.851. The van der Waals surface area contributed by atoms with Gasteiger partial charge in [0, 0.05) is 11.6 Å². The van der Waals surface area contributed by atoms with Gasteiger partial charge in [0.1, 0.15) is 5.82 Å². The molecule has 4 heteroatoms. The maximum Gasteiger partial charge on any atom is 0.226 e. The zero-order valence-corrected chi connectivity index (χ0v) is 13.6. The number of amides is 1. The van der Waals surface area contributed by atoms with Gasteiger partial charge in [0.25, 0.3) is 0 Å². The third kappa shape index (κ3) is 4.32. The van der Waals surface area contributed by atoms with Crippen molar-refractivity contribution in [2.75, 3.05) is 10.6 Å². The first kappa shape index (κ1) is 16.0. The lowest BCUT2D eigenvalue weighted by Gasteiger charge is -2.10. The molecule has 1 aromatic carbocycles. The number of anilines is 3. The van der Waals surface area contributed by atoms with E-state index in [2.05, 4.69) is 41.6 Å². The first-order valence-corrected chi connectivity index (χ1v) is 7.59. The Kier molecular flexibility index (Phi) is 5.15. The Morgan fingerprint density at radius 3 is 2.09 bits per heavy atom. The van der Waals surface area contributed by atoms with Crippen molar-refractivity contribution in [3.05, 3.63) is 48.2 Å². The fourth-order valence-corrected chi connectivity index (χ4v) is 1.93. The lowest BCUT2D eigenvalue weighted by molar-refractivity contribution is -0.118. The van der Waals surface area contributed by atoms with Crippen LogP contribution in [0.3, 0.4) is 0 Å². The largest absolute Gasteiger partial charge is 0.340 e. The van der Waals surface area contributed by atoms with E-state index in [1.54, 1.807) is 6.20 Å². The third-order valence-electron chi connectivity index (χ3n) is 3.41. The predicted octanol–water partition coefficient (Wildman–Crippen LogP) is 4.54. The second kappa shape index (κ2) is 7.07. The molecule has 0 bridgehead atoms. The molecule has 2 N–H and O–H groups in total. The highest BCUT2D eigenvalue weighted by Crippen LogP contribution is 2.20. The van der Waals surface area contributed by atoms with E-state index in [4.69, 9.17) is 0 Å². The summed E-state index contributed by atoms with van der Waals surface area (Å²) in [5.74, 6) is 1.22. The van der Waals surface area contributed by atoms with Gasteiger partial charge in [-0.1, -0.05) is 39.8 Å². The minimum atomic E-state index is -0.0442. The Bertz CT molecular complexity index is 616. The van der Waals surface area contributed by atoms with Crippen LogP contribution in [-0.2, 0) is 4.79 Å². The third-order valence-corrected chi connectivity index (χ3v) is 3.41. The molecule has 4 nitrogen and oxygen atoms in total. The molecule has 0 spiro atoms. The standard InChI is InChI=1S/C18H23N3O/c1-12(2)14-5-7-15(8-6-14)20-17-10-9-16(11-19-17)21-18(22)13(3)4/h5-13H,1-4H3,(H,19,20)(H,21,22). The van der Waals surface area contributed by atoms with Crippen molar-refractivity contribution in [1.82, 2.24) is 4.98 Å². The lowest BCUT2D eigenvalue weighted by atomic mass is 10.0. The minimum absolute atomic E-state index is 0.00761. The second-order valence-corrected chi connectivity index (χ2v) is 5.98. The summed E-state index contributed by atoms with van der Waals surface area (Å²) in [7, 11) is 0. The molecular formula is C18H23N3O. The molecule has 0 saturated heterocycles. The monoisotopic (exact) mass is 297 g/mol. The number of hydrogen-bond donors (Lipinski definition) is 2. The number of aromatic nitrogens is 1. The molecule has 1 amide bonds. The topological polar surface area (TPSA) is 54.0 Å². The predicted molar refractivity (Wildman–Crippen MR) is 91.5 cm³/mol. The van der Waals surface area contributed by atoms with Gasteiger partial charge >= 0.3 is 0 Å². The van der Waals surface area contributed by atoms with Crippen molar-refractivity contribution in [3.63, 3.8) is 0 Å². The van der Waals surface area contributed by atoms with Crippen molar-refractivity contribution in [3.8, 4) is 0 Å². The summed E-state index contributed by atoms with van der Waals surface area (Å²) >= 11 is 0. The van der Waals surface area contributed by atoms with Crippen LogP contribution in [0.5, 0.6) is 0 Å². The smallest absolute Gasteiger partial charge is 0.226 e. The molecule has 0 aliphatic heterocycles. The van der Waals surface area contributed by atoms with Crippen LogP contribution in [0.25, 0.3) is 0 Å². The molecule has 0 aliphatic carbocycles. The molecule has 0 fully saturated rings. The molecular weight excluding hydrogens is 274 g/mol. The highest BCUT2D eigenvalue weighted by atomic mass is 16.1. The van der Waals surface area contributed by atoms with Crippen molar-refractivity contribution in [2.24, 2.45) is 5.92 Å². The molecule has 0 unspecified atom stereocenters. The average Bonchev–Trinajstić information content (AvgIpc) is 2.49. The number of carbonyl (C=O) groups excluding carboxylic acids is 1. The van der Waals surface area contributed by atoms with Crippen LogP contribution in [0, 0.1) is 5.92 Å². The van der Waals surface area contributed by atoms with E-state index in [1.807, 2.05) is 38.1 Å². The number of carbonyl (C=O) groups is 1. The summed E-state index contributed by atoms with van der Waals surface area (Å²) < 4.78 is 0. The first-order chi connectivity index (χ1) is 10.5. The van der Waals surface area contributed by atoms with E-state index < -0.39 is 0 Å². The Morgan fingerprint density at radius 1 is 0.955 bits per heavy atom. The molecule has 2 aromatic rings. The van der Waals surface area contributed by atoms with E-state index in [1.165, 1.54) is 5.56 Å². The van der Waals surface area contributed by atoms with Gasteiger partial charge in [-0.05, 0) is 35.7 Å². The summed E-state index contributed by atoms with van der Waals surface area (Å²) in [6.45, 7) is 8.07. The van der Waals surface area contributed by atoms with Crippen LogP contribution in [0.1, 0.15) is 39.2 Å². The van der Waals surface area contributed by atoms with Crippen LogP contribution < -0.4 is 10.6 Å². The van der Waals surface area contributed by atoms with Gasteiger partial charge in [-0.3, -0.25) is 4.79 Å². The van der Waals surface area contributed by atoms with Crippen molar-refractivity contribution >= 4 is 23.1 Å². The lowest BCUT2D eigenvalue weighted by Crippen LogP contribution is -2.17. The van der Waals surface area contributed by atoms with Crippen molar-refractivity contribution in [2.45, 2.75) is 33.6 Å². The van der Waals surface area contributed by atoms with Gasteiger partial charge in [0.15, 0.2) is 0 Å². The summed E-state index contributed by atoms with van der Waals surface area (Å²) in [4.78, 5) is 15.9. The number of nitrogens with zero attached hydrogens (tertiary/aromatic N) is 1. The van der Waals surface area contributed by atoms with Crippen LogP contribution in [0.4, 0.5) is 17.2 Å². The second-order valence-electron chi connectivity index (χ2n) is 5.98. The molecule has 2 rings (SSSR count). The Balaban J connectivity index is 2.00. The summed E-state index contributed by atoms with van der Waals surface area (Å²) in [6.07, 6.45) is 1.66. The van der Waals surface area contributed by atoms with Gasteiger partial charge in [0.05, 0.1) is 11.9 Å². The molecule has 0 atom stereocenters. The van der Waals surface area contributed by atoms with E-state index in [9.17, 15) is 4.79 Å². The SMILES string of the molecule is CC(C)C(=O)Nc1ccc(Nc2ccc(C(C)C)cc2)nc1. The molecule has 0 aliphatic rings. The van der Waals surface area contributed by atoms with E-state index in [0.717, 1.165) is 11.5 Å². The van der Waals surface area contributed by atoms with Crippen LogP contribution in [-0.4, -0.2) is 10.9 Å². The average molecular weight is 297 g/mol. The highest BCUT2D eigenvalue weighted by molar-refractivity contribution is 5.91. The Morgan fingerprint density at radius 2 is 1.59 bits per heavy atom. The number of hydrogen-bond acceptors (Lipinski definition) is 3. The molecule has 116 valence electrons. The van der Waals surface area contributed by atoms with Crippen molar-refractivity contribution in [1.29, 1.82) is 0 Å². The van der Waals surface area contributed by atoms with E-state index >= 15 is 0 Å². The zero-order valence-electron chi connectivity index (χ0n) is 13.6. The highest BCUT2D eigenvalue weighted by Gasteiger charge is 2.07. The summed E-state index contributed by atoms with van der Waals surface area (Å²) in [6, 6.07) is 12.0. The molecule has 1 aromatic heterocycles. The van der Waals surface area contributed by atoms with E-state index in [-0.39, 0.29) is 11.8 Å². The van der Waals surface area contributed by atoms with Crippen molar-refractivity contribution < 1.29 is 4.79 Å². The normalized spacial score (nSPS) is 10.8. The summed E-state index contributed by atoms with van der Waals surface area (Å²) in [5, 5.41) is 6.07. The van der Waals surface area contributed by atoms with E-state index in [0.29, 0.717) is 11.6 Å². The molecule has 0 saturated carbocycles. The fraction of sp³-hybridized carbons (Fsp3) is 0.333. The fourth-order valence-electron chi connectivity index (χ4n) is 1.93. The van der Waals surface area contributed by atoms with Crippen LogP contribution in [0.2, 0.25) is 0 Å². The number of nitrogens with one attached hydrogen (secondary N) is 2. The van der Waals surface area contributed by atoms with Crippen LogP contribution >= 0.6 is 0 Å². The maximum absolute atomic E-state index is 11.6. The van der Waals surface area contributed by atoms with Crippen LogP contribution in [0.15, 0.2) is 42.6 Å². The Labute approximate surface area is 132 Å². The zero-order chi connectivity index (χ0) is 16.1. The molecule has 22 heavy (non-hydrogen) atoms. The van der Waals surface area contributed by atoms with Gasteiger partial charge in [-0.15, -0.1) is 0 Å². The summed E-state index contributed by atoms with van der Waals surface area (Å²) in [5.41, 5.74) is 3.01. The number of pyridine rings is 1. The number of rotatable bonds is 5. The molecule has 1 heterocycles. The van der Waals surface area contributed by atoms with Gasteiger partial charge in [-0.2, -0.15) is 0 Å². The Hall–Kier alpha value is -2.36. The molecule has 0 radical (unpaired) electrons. The van der Waals surface area contributed by atoms with Gasteiger partial charge in [-0.25, -0.2) is 4.98 Å². The van der Waals surface area contributed by atoms with Gasteiger partial charge < -0.3 is 10.6 Å². The first-order valence-electron chi connectivity index (χ1n) is 7.59. The maximum atomic E-state index is 11.6.